The molecule has 0 aliphatic carbocycles. The Morgan fingerprint density at radius 1 is 1.20 bits per heavy atom. The van der Waals surface area contributed by atoms with Crippen molar-refractivity contribution >= 4 is 46.0 Å². The third-order valence-corrected chi connectivity index (χ3v) is 4.45. The Hall–Kier alpha value is -2.58. The number of nitrogens with zero attached hydrogens (tertiary/aromatic N) is 4. The summed E-state index contributed by atoms with van der Waals surface area (Å²) in [5.41, 5.74) is -0.295. The van der Waals surface area contributed by atoms with Gasteiger partial charge in [-0.2, -0.15) is 0 Å². The summed E-state index contributed by atoms with van der Waals surface area (Å²) in [6.07, 6.45) is 1.44. The van der Waals surface area contributed by atoms with Crippen LogP contribution in [0.25, 0.3) is 11.2 Å². The minimum atomic E-state index is -0.625. The number of rotatable bonds is 3. The molecular weight excluding hydrogens is 369 g/mol. The van der Waals surface area contributed by atoms with Crippen LogP contribution in [0, 0.1) is 0 Å². The summed E-state index contributed by atoms with van der Waals surface area (Å²) in [6, 6.07) is 4.58. The highest BCUT2D eigenvalue weighted by molar-refractivity contribution is 6.42. The molecule has 10 heteroatoms. The molecule has 3 aromatic rings. The average Bonchev–Trinajstić information content (AvgIpc) is 2.95. The Kier molecular flexibility index (Phi) is 4.40. The number of amides is 1. The summed E-state index contributed by atoms with van der Waals surface area (Å²) in [5.74, 6) is -0.542. The van der Waals surface area contributed by atoms with Gasteiger partial charge in [0.2, 0.25) is 5.91 Å². The third kappa shape index (κ3) is 3.06. The number of nitrogens with one attached hydrogen (secondary N) is 1. The first kappa shape index (κ1) is 17.2. The van der Waals surface area contributed by atoms with Gasteiger partial charge in [0.25, 0.3) is 5.56 Å². The maximum atomic E-state index is 12.5. The fraction of sp³-hybridized carbons (Fsp3) is 0.200. The van der Waals surface area contributed by atoms with Crippen LogP contribution >= 0.6 is 23.2 Å². The molecule has 0 radical (unpaired) electrons. The Labute approximate surface area is 151 Å². The molecule has 2 aromatic heterocycles. The van der Waals surface area contributed by atoms with E-state index in [4.69, 9.17) is 23.2 Å². The minimum Gasteiger partial charge on any atom is -0.328 e. The smallest absolute Gasteiger partial charge is 0.328 e. The lowest BCUT2D eigenvalue weighted by molar-refractivity contribution is -0.116. The van der Waals surface area contributed by atoms with Gasteiger partial charge in [-0.1, -0.05) is 23.2 Å². The number of imidazole rings is 1. The average molecular weight is 382 g/mol. The number of hydrogen-bond donors (Lipinski definition) is 1. The van der Waals surface area contributed by atoms with Gasteiger partial charge in [-0.15, -0.1) is 0 Å². The van der Waals surface area contributed by atoms with E-state index >= 15 is 0 Å². The maximum absolute atomic E-state index is 12.5. The fourth-order valence-electron chi connectivity index (χ4n) is 2.45. The highest BCUT2D eigenvalue weighted by Gasteiger charge is 2.17. The summed E-state index contributed by atoms with van der Waals surface area (Å²) in [6.45, 7) is -0.438. The molecule has 0 spiro atoms. The number of carbonyl (C=O) groups excluding carboxylic acids is 1. The van der Waals surface area contributed by atoms with Gasteiger partial charge in [0, 0.05) is 19.8 Å². The summed E-state index contributed by atoms with van der Waals surface area (Å²) >= 11 is 11.7. The molecule has 0 bridgehead atoms. The molecule has 0 saturated carbocycles. The molecule has 2 heterocycles. The van der Waals surface area contributed by atoms with Gasteiger partial charge in [0.15, 0.2) is 11.2 Å². The zero-order chi connectivity index (χ0) is 18.3. The van der Waals surface area contributed by atoms with E-state index in [0.717, 1.165) is 4.57 Å². The quantitative estimate of drug-likeness (QED) is 0.741. The monoisotopic (exact) mass is 381 g/mol. The van der Waals surface area contributed by atoms with E-state index in [-0.39, 0.29) is 16.2 Å². The molecular formula is C15H13Cl2N5O3. The lowest BCUT2D eigenvalue weighted by Gasteiger charge is -2.10. The Morgan fingerprint density at radius 3 is 2.60 bits per heavy atom. The molecule has 0 aliphatic rings. The zero-order valence-corrected chi connectivity index (χ0v) is 14.8. The van der Waals surface area contributed by atoms with Crippen molar-refractivity contribution in [1.29, 1.82) is 0 Å². The van der Waals surface area contributed by atoms with Gasteiger partial charge in [0.05, 0.1) is 16.4 Å². The molecule has 0 fully saturated rings. The van der Waals surface area contributed by atoms with E-state index in [9.17, 15) is 14.4 Å². The van der Waals surface area contributed by atoms with Crippen LogP contribution in [0.2, 0.25) is 10.0 Å². The maximum Gasteiger partial charge on any atom is 0.332 e. The highest BCUT2D eigenvalue weighted by atomic mass is 35.5. The number of fused-ring (bicyclic) bond motifs is 1. The van der Waals surface area contributed by atoms with Gasteiger partial charge >= 0.3 is 5.69 Å². The first-order chi connectivity index (χ1) is 11.8. The molecule has 25 heavy (non-hydrogen) atoms. The molecule has 0 unspecified atom stereocenters. The van der Waals surface area contributed by atoms with Gasteiger partial charge < -0.3 is 9.88 Å². The van der Waals surface area contributed by atoms with Crippen LogP contribution in [0.15, 0.2) is 34.1 Å². The summed E-state index contributed by atoms with van der Waals surface area (Å²) in [7, 11) is 3.13. The number of hydrogen-bond acceptors (Lipinski definition) is 4. The Morgan fingerprint density at radius 2 is 1.92 bits per heavy atom. The minimum absolute atomic E-state index is 0.240. The second-order valence-electron chi connectivity index (χ2n) is 5.44. The van der Waals surface area contributed by atoms with Crippen molar-refractivity contribution < 1.29 is 4.79 Å². The van der Waals surface area contributed by atoms with Crippen LogP contribution in [0.3, 0.4) is 0 Å². The van der Waals surface area contributed by atoms with Crippen LogP contribution < -0.4 is 16.6 Å². The van der Waals surface area contributed by atoms with Crippen molar-refractivity contribution in [2.75, 3.05) is 5.32 Å². The molecule has 0 saturated heterocycles. The van der Waals surface area contributed by atoms with Crippen molar-refractivity contribution in [1.82, 2.24) is 18.7 Å². The number of anilines is 1. The molecule has 1 aromatic carbocycles. The van der Waals surface area contributed by atoms with Gasteiger partial charge in [-0.25, -0.2) is 14.3 Å². The van der Waals surface area contributed by atoms with E-state index in [1.165, 1.54) is 34.6 Å². The van der Waals surface area contributed by atoms with E-state index in [1.54, 1.807) is 13.1 Å². The molecule has 0 atom stereocenters. The normalized spacial score (nSPS) is 11.0. The van der Waals surface area contributed by atoms with Crippen LogP contribution in [0.4, 0.5) is 5.69 Å². The Bertz CT molecular complexity index is 1110. The standard InChI is InChI=1S/C15H13Cl2N5O3/c1-20-7-18-13-12(20)14(24)22(15(25)21(13)2)6-11(23)19-8-3-4-9(16)10(17)5-8/h3-5,7H,6H2,1-2H3,(H,19,23). The topological polar surface area (TPSA) is 90.9 Å². The lowest BCUT2D eigenvalue weighted by Crippen LogP contribution is -2.42. The molecule has 3 rings (SSSR count). The second-order valence-corrected chi connectivity index (χ2v) is 6.25. The third-order valence-electron chi connectivity index (χ3n) is 3.71. The highest BCUT2D eigenvalue weighted by Crippen LogP contribution is 2.24. The number of aryl methyl sites for hydroxylation is 2. The number of carbonyl (C=O) groups is 1. The van der Waals surface area contributed by atoms with Crippen LogP contribution in [0.1, 0.15) is 0 Å². The van der Waals surface area contributed by atoms with Crippen LogP contribution in [-0.4, -0.2) is 24.6 Å². The molecule has 1 amide bonds. The molecule has 130 valence electrons. The summed E-state index contributed by atoms with van der Waals surface area (Å²) < 4.78 is 3.59. The van der Waals surface area contributed by atoms with Crippen LogP contribution in [0.5, 0.6) is 0 Å². The lowest BCUT2D eigenvalue weighted by atomic mass is 10.3. The molecule has 1 N–H and O–H groups in total. The largest absolute Gasteiger partial charge is 0.332 e. The van der Waals surface area contributed by atoms with E-state index < -0.39 is 23.7 Å². The second kappa shape index (κ2) is 6.38. The summed E-state index contributed by atoms with van der Waals surface area (Å²) in [4.78, 5) is 41.2. The number of benzene rings is 1. The van der Waals surface area contributed by atoms with Crippen molar-refractivity contribution in [3.8, 4) is 0 Å². The predicted octanol–water partition coefficient (Wildman–Crippen LogP) is 1.38. The Balaban J connectivity index is 1.96. The van der Waals surface area contributed by atoms with Crippen molar-refractivity contribution in [2.45, 2.75) is 6.54 Å². The first-order valence-electron chi connectivity index (χ1n) is 7.15. The van der Waals surface area contributed by atoms with Crippen LogP contribution in [-0.2, 0) is 25.4 Å². The van der Waals surface area contributed by atoms with E-state index in [2.05, 4.69) is 10.3 Å². The molecule has 0 aliphatic heterocycles. The van der Waals surface area contributed by atoms with E-state index in [0.29, 0.717) is 10.7 Å². The van der Waals surface area contributed by atoms with Gasteiger partial charge in [-0.05, 0) is 18.2 Å². The number of aromatic nitrogens is 4. The van der Waals surface area contributed by atoms with Crippen molar-refractivity contribution in [3.05, 3.63) is 55.4 Å². The molecule has 8 nitrogen and oxygen atoms in total. The first-order valence-corrected chi connectivity index (χ1v) is 7.91. The van der Waals surface area contributed by atoms with E-state index in [1.807, 2.05) is 0 Å². The zero-order valence-electron chi connectivity index (χ0n) is 13.3. The fourth-order valence-corrected chi connectivity index (χ4v) is 2.75. The van der Waals surface area contributed by atoms with Crippen molar-refractivity contribution in [2.24, 2.45) is 14.1 Å². The van der Waals surface area contributed by atoms with Gasteiger partial charge in [-0.3, -0.25) is 14.2 Å². The van der Waals surface area contributed by atoms with Gasteiger partial charge in [0.1, 0.15) is 6.54 Å². The summed E-state index contributed by atoms with van der Waals surface area (Å²) in [5, 5.41) is 3.21. The number of halogens is 2. The predicted molar refractivity (Wildman–Crippen MR) is 95.3 cm³/mol. The van der Waals surface area contributed by atoms with Crippen molar-refractivity contribution in [3.63, 3.8) is 0 Å². The SMILES string of the molecule is Cn1cnc2c1c(=O)n(CC(=O)Nc1ccc(Cl)c(Cl)c1)c(=O)n2C.